The molecule has 0 bridgehead atoms. The van der Waals surface area contributed by atoms with E-state index in [1.165, 1.54) is 12.1 Å². The zero-order valence-corrected chi connectivity index (χ0v) is 11.1. The van der Waals surface area contributed by atoms with Crippen LogP contribution in [0.4, 0.5) is 13.2 Å². The zero-order chi connectivity index (χ0) is 12.3. The predicted molar refractivity (Wildman–Crippen MR) is 61.9 cm³/mol. The Labute approximate surface area is 107 Å². The standard InChI is InChI=1S/C10H7Br2F3O/c11-5-8(16)9(12)6-2-1-3-7(4-6)10(13,14)15/h1-4,9H,5H2. The molecule has 1 nitrogen and oxygen atoms in total. The van der Waals surface area contributed by atoms with Crippen molar-refractivity contribution in [1.29, 1.82) is 0 Å². The van der Waals surface area contributed by atoms with E-state index in [1.807, 2.05) is 0 Å². The number of benzene rings is 1. The normalized spacial score (nSPS) is 13.6. The Balaban J connectivity index is 3.04. The van der Waals surface area contributed by atoms with Crippen molar-refractivity contribution in [2.75, 3.05) is 5.33 Å². The number of hydrogen-bond acceptors (Lipinski definition) is 1. The molecule has 6 heteroatoms. The second-order valence-electron chi connectivity index (χ2n) is 3.09. The Morgan fingerprint density at radius 1 is 1.38 bits per heavy atom. The lowest BCUT2D eigenvalue weighted by Gasteiger charge is -2.11. The van der Waals surface area contributed by atoms with Crippen LogP contribution in [0.5, 0.6) is 0 Å². The second kappa shape index (κ2) is 5.31. The van der Waals surface area contributed by atoms with Crippen molar-refractivity contribution in [3.8, 4) is 0 Å². The van der Waals surface area contributed by atoms with Crippen LogP contribution in [0.25, 0.3) is 0 Å². The third-order valence-corrected chi connectivity index (χ3v) is 3.51. The number of carbonyl (C=O) groups is 1. The molecule has 0 aliphatic rings. The van der Waals surface area contributed by atoms with Gasteiger partial charge in [0.2, 0.25) is 0 Å². The maximum absolute atomic E-state index is 12.4. The molecular formula is C10H7Br2F3O. The van der Waals surface area contributed by atoms with Gasteiger partial charge in [0.05, 0.1) is 15.7 Å². The summed E-state index contributed by atoms with van der Waals surface area (Å²) in [6, 6.07) is 4.71. The average molecular weight is 360 g/mol. The number of carbonyl (C=O) groups excluding carboxylic acids is 1. The first-order valence-corrected chi connectivity index (χ1v) is 6.30. The monoisotopic (exact) mass is 358 g/mol. The summed E-state index contributed by atoms with van der Waals surface area (Å²) >= 11 is 6.03. The molecule has 0 aromatic heterocycles. The fourth-order valence-electron chi connectivity index (χ4n) is 1.13. The molecule has 0 saturated carbocycles. The molecule has 88 valence electrons. The molecule has 0 saturated heterocycles. The fourth-order valence-corrected chi connectivity index (χ4v) is 2.33. The first-order valence-electron chi connectivity index (χ1n) is 4.26. The van der Waals surface area contributed by atoms with Gasteiger partial charge in [0, 0.05) is 0 Å². The summed E-state index contributed by atoms with van der Waals surface area (Å²) in [5.74, 6) is -0.223. The highest BCUT2D eigenvalue weighted by atomic mass is 79.9. The van der Waals surface area contributed by atoms with Crippen LogP contribution < -0.4 is 0 Å². The van der Waals surface area contributed by atoms with Crippen molar-refractivity contribution >= 4 is 37.6 Å². The van der Waals surface area contributed by atoms with Crippen LogP contribution in [0.1, 0.15) is 16.0 Å². The van der Waals surface area contributed by atoms with Crippen LogP contribution in [-0.4, -0.2) is 11.1 Å². The Hall–Kier alpha value is -0.360. The van der Waals surface area contributed by atoms with E-state index in [2.05, 4.69) is 31.9 Å². The summed E-state index contributed by atoms with van der Waals surface area (Å²) in [6.07, 6.45) is -4.39. The largest absolute Gasteiger partial charge is 0.416 e. The highest BCUT2D eigenvalue weighted by Gasteiger charge is 2.31. The molecule has 0 aliphatic carbocycles. The Bertz CT molecular complexity index is 390. The summed E-state index contributed by atoms with van der Waals surface area (Å²) < 4.78 is 37.2. The highest BCUT2D eigenvalue weighted by molar-refractivity contribution is 9.10. The lowest BCUT2D eigenvalue weighted by atomic mass is 10.1. The second-order valence-corrected chi connectivity index (χ2v) is 4.56. The molecule has 0 N–H and O–H groups in total. The van der Waals surface area contributed by atoms with Crippen LogP contribution in [-0.2, 0) is 11.0 Å². The van der Waals surface area contributed by atoms with Gasteiger partial charge in [0.15, 0.2) is 5.78 Å². The van der Waals surface area contributed by atoms with Gasteiger partial charge in [0.25, 0.3) is 0 Å². The molecule has 0 radical (unpaired) electrons. The molecule has 0 heterocycles. The first-order chi connectivity index (χ1) is 7.36. The zero-order valence-electron chi connectivity index (χ0n) is 7.89. The number of rotatable bonds is 3. The van der Waals surface area contributed by atoms with E-state index in [9.17, 15) is 18.0 Å². The minimum atomic E-state index is -4.39. The molecule has 1 aromatic carbocycles. The number of hydrogen-bond donors (Lipinski definition) is 0. The van der Waals surface area contributed by atoms with E-state index in [4.69, 9.17) is 0 Å². The van der Waals surface area contributed by atoms with E-state index < -0.39 is 16.6 Å². The van der Waals surface area contributed by atoms with Gasteiger partial charge in [-0.05, 0) is 11.6 Å². The van der Waals surface area contributed by atoms with Crippen molar-refractivity contribution in [3.63, 3.8) is 0 Å². The van der Waals surface area contributed by atoms with Gasteiger partial charge in [-0.15, -0.1) is 0 Å². The Morgan fingerprint density at radius 3 is 2.50 bits per heavy atom. The number of Topliss-reactive ketones (excluding diaryl/α,β-unsaturated/α-hetero) is 1. The Morgan fingerprint density at radius 2 is 2.00 bits per heavy atom. The summed E-state index contributed by atoms with van der Waals surface area (Å²) in [4.78, 5) is 10.6. The number of halogens is 5. The van der Waals surface area contributed by atoms with E-state index >= 15 is 0 Å². The molecule has 16 heavy (non-hydrogen) atoms. The van der Waals surface area contributed by atoms with Crippen molar-refractivity contribution in [1.82, 2.24) is 0 Å². The van der Waals surface area contributed by atoms with Crippen LogP contribution in [0.2, 0.25) is 0 Å². The topological polar surface area (TPSA) is 17.1 Å². The van der Waals surface area contributed by atoms with Crippen molar-refractivity contribution in [2.45, 2.75) is 11.0 Å². The van der Waals surface area contributed by atoms with E-state index in [0.29, 0.717) is 5.56 Å². The Kier molecular flexibility index (Phi) is 4.55. The SMILES string of the molecule is O=C(CBr)C(Br)c1cccc(C(F)(F)F)c1. The van der Waals surface area contributed by atoms with Gasteiger partial charge in [0.1, 0.15) is 0 Å². The molecule has 1 unspecified atom stereocenters. The van der Waals surface area contributed by atoms with Gasteiger partial charge in [-0.2, -0.15) is 13.2 Å². The van der Waals surface area contributed by atoms with Crippen molar-refractivity contribution in [3.05, 3.63) is 35.4 Å². The third kappa shape index (κ3) is 3.31. The maximum atomic E-state index is 12.4. The molecule has 1 aromatic rings. The third-order valence-electron chi connectivity index (χ3n) is 1.92. The van der Waals surface area contributed by atoms with Crippen LogP contribution in [0, 0.1) is 0 Å². The quantitative estimate of drug-likeness (QED) is 0.742. The molecule has 1 atom stereocenters. The molecule has 0 aliphatic heterocycles. The minimum absolute atomic E-state index is 0.0964. The summed E-state index contributed by atoms with van der Waals surface area (Å²) in [6.45, 7) is 0. The van der Waals surface area contributed by atoms with E-state index in [-0.39, 0.29) is 11.1 Å². The molecule has 0 amide bonds. The summed E-state index contributed by atoms with van der Waals surface area (Å²) in [5, 5.41) is 0.0964. The van der Waals surface area contributed by atoms with Crippen LogP contribution in [0.3, 0.4) is 0 Å². The van der Waals surface area contributed by atoms with Gasteiger partial charge >= 0.3 is 6.18 Å². The smallest absolute Gasteiger partial charge is 0.297 e. The predicted octanol–water partition coefficient (Wildman–Crippen LogP) is 4.11. The maximum Gasteiger partial charge on any atom is 0.416 e. The molecular weight excluding hydrogens is 353 g/mol. The van der Waals surface area contributed by atoms with Gasteiger partial charge < -0.3 is 0 Å². The van der Waals surface area contributed by atoms with Crippen molar-refractivity contribution < 1.29 is 18.0 Å². The first kappa shape index (κ1) is 13.7. The fraction of sp³-hybridized carbons (Fsp3) is 0.300. The number of alkyl halides is 5. The van der Waals surface area contributed by atoms with Gasteiger partial charge in [-0.25, -0.2) is 0 Å². The number of ketones is 1. The molecule has 0 fully saturated rings. The van der Waals surface area contributed by atoms with Crippen LogP contribution in [0.15, 0.2) is 24.3 Å². The van der Waals surface area contributed by atoms with E-state index in [1.54, 1.807) is 0 Å². The molecule has 1 rings (SSSR count). The van der Waals surface area contributed by atoms with Crippen molar-refractivity contribution in [2.24, 2.45) is 0 Å². The van der Waals surface area contributed by atoms with Gasteiger partial charge in [-0.1, -0.05) is 50.1 Å². The summed E-state index contributed by atoms with van der Waals surface area (Å²) in [5.41, 5.74) is -0.448. The van der Waals surface area contributed by atoms with E-state index in [0.717, 1.165) is 12.1 Å². The minimum Gasteiger partial charge on any atom is -0.297 e. The highest BCUT2D eigenvalue weighted by Crippen LogP contribution is 2.32. The van der Waals surface area contributed by atoms with Crippen LogP contribution >= 0.6 is 31.9 Å². The average Bonchev–Trinajstić information content (AvgIpc) is 2.26. The lowest BCUT2D eigenvalue weighted by Crippen LogP contribution is -2.10. The lowest BCUT2D eigenvalue weighted by molar-refractivity contribution is -0.137. The summed E-state index contributed by atoms with van der Waals surface area (Å²) in [7, 11) is 0. The van der Waals surface area contributed by atoms with Gasteiger partial charge in [-0.3, -0.25) is 4.79 Å². The molecule has 0 spiro atoms.